The number of rotatable bonds is 8. The summed E-state index contributed by atoms with van der Waals surface area (Å²) in [6.45, 7) is 6.87. The van der Waals surface area contributed by atoms with E-state index in [4.69, 9.17) is 4.42 Å². The van der Waals surface area contributed by atoms with E-state index in [-0.39, 0.29) is 12.1 Å². The molecule has 3 unspecified atom stereocenters. The van der Waals surface area contributed by atoms with Gasteiger partial charge in [-0.2, -0.15) is 0 Å². The van der Waals surface area contributed by atoms with Crippen LogP contribution < -0.4 is 5.32 Å². The second-order valence-corrected chi connectivity index (χ2v) is 5.98. The molecule has 0 aliphatic rings. The van der Waals surface area contributed by atoms with Crippen molar-refractivity contribution in [1.29, 1.82) is 0 Å². The van der Waals surface area contributed by atoms with Gasteiger partial charge >= 0.3 is 0 Å². The Morgan fingerprint density at radius 3 is 2.41 bits per heavy atom. The summed E-state index contributed by atoms with van der Waals surface area (Å²) in [5.41, 5.74) is 1.26. The van der Waals surface area contributed by atoms with E-state index in [2.05, 4.69) is 31.3 Å². The molecule has 0 saturated heterocycles. The summed E-state index contributed by atoms with van der Waals surface area (Å²) in [4.78, 5) is 0. The summed E-state index contributed by atoms with van der Waals surface area (Å²) >= 11 is 0. The average molecular weight is 301 g/mol. The van der Waals surface area contributed by atoms with Crippen molar-refractivity contribution in [3.05, 3.63) is 59.5 Å². The molecule has 2 N–H and O–H groups in total. The molecule has 0 radical (unpaired) electrons. The maximum Gasteiger partial charge on any atom is 0.120 e. The summed E-state index contributed by atoms with van der Waals surface area (Å²) in [5, 5.41) is 13.3. The van der Waals surface area contributed by atoms with Crippen molar-refractivity contribution in [2.24, 2.45) is 0 Å². The molecule has 3 nitrogen and oxygen atoms in total. The first-order valence-corrected chi connectivity index (χ1v) is 8.15. The first kappa shape index (κ1) is 16.8. The Kier molecular flexibility index (Phi) is 6.22. The number of benzene rings is 1. The van der Waals surface area contributed by atoms with Crippen LogP contribution in [-0.4, -0.2) is 17.8 Å². The smallest absolute Gasteiger partial charge is 0.120 e. The molecule has 0 fully saturated rings. The maximum atomic E-state index is 9.76. The third-order valence-electron chi connectivity index (χ3n) is 4.02. The fourth-order valence-corrected chi connectivity index (χ4v) is 2.71. The minimum absolute atomic E-state index is 0.167. The van der Waals surface area contributed by atoms with E-state index >= 15 is 0 Å². The van der Waals surface area contributed by atoms with Crippen molar-refractivity contribution < 1.29 is 9.52 Å². The summed E-state index contributed by atoms with van der Waals surface area (Å²) in [7, 11) is 0. The highest BCUT2D eigenvalue weighted by molar-refractivity contribution is 5.20. The zero-order chi connectivity index (χ0) is 15.9. The van der Waals surface area contributed by atoms with Crippen LogP contribution in [0.5, 0.6) is 0 Å². The minimum Gasteiger partial charge on any atom is -0.464 e. The first-order chi connectivity index (χ1) is 10.6. The van der Waals surface area contributed by atoms with Crippen LogP contribution in [0.2, 0.25) is 0 Å². The molecule has 2 aromatic rings. The zero-order valence-corrected chi connectivity index (χ0v) is 13.8. The molecule has 0 aliphatic carbocycles. The Morgan fingerprint density at radius 1 is 1.09 bits per heavy atom. The van der Waals surface area contributed by atoms with E-state index in [9.17, 15) is 5.11 Å². The third kappa shape index (κ3) is 4.72. The molecule has 2 rings (SSSR count). The number of furan rings is 1. The van der Waals surface area contributed by atoms with Crippen molar-refractivity contribution in [3.8, 4) is 0 Å². The molecular formula is C19H27NO2. The van der Waals surface area contributed by atoms with Crippen LogP contribution in [-0.2, 0) is 6.42 Å². The third-order valence-corrected chi connectivity index (χ3v) is 4.02. The van der Waals surface area contributed by atoms with E-state index in [0.717, 1.165) is 30.9 Å². The van der Waals surface area contributed by atoms with Gasteiger partial charge in [0.25, 0.3) is 0 Å². The average Bonchev–Trinajstić information content (AvgIpc) is 3.01. The molecule has 22 heavy (non-hydrogen) atoms. The van der Waals surface area contributed by atoms with Gasteiger partial charge in [-0.15, -0.1) is 0 Å². The Hall–Kier alpha value is -1.58. The van der Waals surface area contributed by atoms with Gasteiger partial charge in [0, 0.05) is 13.0 Å². The van der Waals surface area contributed by atoms with Gasteiger partial charge in [-0.3, -0.25) is 0 Å². The monoisotopic (exact) mass is 301 g/mol. The lowest BCUT2D eigenvalue weighted by atomic mass is 9.93. The van der Waals surface area contributed by atoms with Crippen molar-refractivity contribution in [2.75, 3.05) is 6.54 Å². The van der Waals surface area contributed by atoms with Gasteiger partial charge in [-0.25, -0.2) is 0 Å². The molecule has 0 aliphatic heterocycles. The maximum absolute atomic E-state index is 9.76. The second kappa shape index (κ2) is 8.16. The molecule has 0 amide bonds. The standard InChI is InChI=1S/C19H27NO2/c1-4-18-10-11-19(22-18)15(3)20-13-17(12-14(2)21)16-8-6-5-7-9-16/h5-11,14-15,17,20-21H,4,12-13H2,1-3H3. The van der Waals surface area contributed by atoms with Gasteiger partial charge in [0.2, 0.25) is 0 Å². The fraction of sp³-hybridized carbons (Fsp3) is 0.474. The Balaban J connectivity index is 1.98. The van der Waals surface area contributed by atoms with E-state index < -0.39 is 0 Å². The molecule has 3 heteroatoms. The van der Waals surface area contributed by atoms with Gasteiger partial charge in [0.05, 0.1) is 12.1 Å². The summed E-state index contributed by atoms with van der Waals surface area (Å²) in [6.07, 6.45) is 1.36. The van der Waals surface area contributed by atoms with Gasteiger partial charge in [-0.1, -0.05) is 37.3 Å². The van der Waals surface area contributed by atoms with Crippen molar-refractivity contribution in [3.63, 3.8) is 0 Å². The van der Waals surface area contributed by atoms with Gasteiger partial charge in [-0.05, 0) is 43.9 Å². The van der Waals surface area contributed by atoms with Crippen LogP contribution in [0.25, 0.3) is 0 Å². The SMILES string of the molecule is CCc1ccc(C(C)NCC(CC(C)O)c2ccccc2)o1. The lowest BCUT2D eigenvalue weighted by molar-refractivity contribution is 0.172. The quantitative estimate of drug-likeness (QED) is 0.773. The van der Waals surface area contributed by atoms with Crippen LogP contribution in [0, 0.1) is 0 Å². The van der Waals surface area contributed by atoms with E-state index in [1.807, 2.05) is 37.3 Å². The summed E-state index contributed by atoms with van der Waals surface area (Å²) in [6, 6.07) is 14.6. The molecule has 0 spiro atoms. The van der Waals surface area contributed by atoms with Crippen molar-refractivity contribution in [1.82, 2.24) is 5.32 Å². The summed E-state index contributed by atoms with van der Waals surface area (Å²) in [5.74, 6) is 2.29. The molecule has 120 valence electrons. The number of aryl methyl sites for hydroxylation is 1. The van der Waals surface area contributed by atoms with Crippen LogP contribution in [0.3, 0.4) is 0 Å². The molecule has 1 heterocycles. The number of aliphatic hydroxyl groups is 1. The van der Waals surface area contributed by atoms with Crippen LogP contribution >= 0.6 is 0 Å². The number of hydrogen-bond acceptors (Lipinski definition) is 3. The normalized spacial score (nSPS) is 15.5. The highest BCUT2D eigenvalue weighted by atomic mass is 16.3. The Morgan fingerprint density at radius 2 is 1.82 bits per heavy atom. The Bertz CT molecular complexity index is 548. The number of hydrogen-bond donors (Lipinski definition) is 2. The first-order valence-electron chi connectivity index (χ1n) is 8.15. The second-order valence-electron chi connectivity index (χ2n) is 5.98. The van der Waals surface area contributed by atoms with Gasteiger partial charge in [0.15, 0.2) is 0 Å². The molecule has 3 atom stereocenters. The lowest BCUT2D eigenvalue weighted by Gasteiger charge is -2.21. The van der Waals surface area contributed by atoms with Gasteiger partial charge in [0.1, 0.15) is 11.5 Å². The lowest BCUT2D eigenvalue weighted by Crippen LogP contribution is -2.26. The molecular weight excluding hydrogens is 274 g/mol. The highest BCUT2D eigenvalue weighted by Crippen LogP contribution is 2.23. The van der Waals surface area contributed by atoms with E-state index in [1.54, 1.807) is 0 Å². The van der Waals surface area contributed by atoms with E-state index in [1.165, 1.54) is 5.56 Å². The largest absolute Gasteiger partial charge is 0.464 e. The zero-order valence-electron chi connectivity index (χ0n) is 13.8. The number of aliphatic hydroxyl groups excluding tert-OH is 1. The van der Waals surface area contributed by atoms with Crippen LogP contribution in [0.4, 0.5) is 0 Å². The molecule has 0 bridgehead atoms. The minimum atomic E-state index is -0.308. The molecule has 1 aromatic heterocycles. The highest BCUT2D eigenvalue weighted by Gasteiger charge is 2.17. The predicted molar refractivity (Wildman–Crippen MR) is 90.0 cm³/mol. The predicted octanol–water partition coefficient (Wildman–Crippen LogP) is 4.05. The summed E-state index contributed by atoms with van der Waals surface area (Å²) < 4.78 is 5.80. The number of nitrogens with one attached hydrogen (secondary N) is 1. The topological polar surface area (TPSA) is 45.4 Å². The van der Waals surface area contributed by atoms with Crippen molar-refractivity contribution >= 4 is 0 Å². The van der Waals surface area contributed by atoms with Crippen LogP contribution in [0.1, 0.15) is 56.2 Å². The molecule has 1 aromatic carbocycles. The van der Waals surface area contributed by atoms with Crippen LogP contribution in [0.15, 0.2) is 46.9 Å². The van der Waals surface area contributed by atoms with Crippen molar-refractivity contribution in [2.45, 2.75) is 51.7 Å². The van der Waals surface area contributed by atoms with Gasteiger partial charge < -0.3 is 14.8 Å². The Labute approximate surface area is 133 Å². The van der Waals surface area contributed by atoms with E-state index in [0.29, 0.717) is 5.92 Å². The fourth-order valence-electron chi connectivity index (χ4n) is 2.71. The molecule has 0 saturated carbocycles.